The molecule has 1 saturated heterocycles. The molecule has 1 fully saturated rings. The fourth-order valence-corrected chi connectivity index (χ4v) is 3.04. The SMILES string of the molecule is C[C@@H]1CCCN([C@H](C)c2nc(N)nc(Nc3ccccc3)n2)C1. The molecule has 122 valence electrons. The van der Waals surface area contributed by atoms with Crippen LogP contribution in [0.15, 0.2) is 30.3 Å². The number of hydrogen-bond donors (Lipinski definition) is 2. The minimum Gasteiger partial charge on any atom is -0.368 e. The Bertz CT molecular complexity index is 645. The highest BCUT2D eigenvalue weighted by molar-refractivity contribution is 5.53. The Morgan fingerprint density at radius 3 is 2.74 bits per heavy atom. The van der Waals surface area contributed by atoms with Gasteiger partial charge in [-0.2, -0.15) is 15.0 Å². The molecule has 0 unspecified atom stereocenters. The molecule has 0 spiro atoms. The predicted molar refractivity (Wildman–Crippen MR) is 92.4 cm³/mol. The van der Waals surface area contributed by atoms with E-state index in [4.69, 9.17) is 5.73 Å². The van der Waals surface area contributed by atoms with Crippen LogP contribution in [0.1, 0.15) is 38.6 Å². The minimum atomic E-state index is 0.138. The van der Waals surface area contributed by atoms with Gasteiger partial charge in [0.05, 0.1) is 6.04 Å². The van der Waals surface area contributed by atoms with Crippen molar-refractivity contribution in [1.82, 2.24) is 19.9 Å². The van der Waals surface area contributed by atoms with Crippen LogP contribution in [0.2, 0.25) is 0 Å². The third-order valence-electron chi connectivity index (χ3n) is 4.31. The number of piperidine rings is 1. The molecule has 1 aromatic carbocycles. The zero-order valence-electron chi connectivity index (χ0n) is 13.7. The molecule has 0 radical (unpaired) electrons. The molecule has 3 N–H and O–H groups in total. The Morgan fingerprint density at radius 1 is 1.22 bits per heavy atom. The number of nitrogens with one attached hydrogen (secondary N) is 1. The normalized spacial score (nSPS) is 20.2. The van der Waals surface area contributed by atoms with Gasteiger partial charge in [-0.15, -0.1) is 0 Å². The lowest BCUT2D eigenvalue weighted by Gasteiger charge is -2.34. The number of likely N-dealkylation sites (tertiary alicyclic amines) is 1. The fourth-order valence-electron chi connectivity index (χ4n) is 3.04. The average Bonchev–Trinajstić information content (AvgIpc) is 2.54. The van der Waals surface area contributed by atoms with E-state index < -0.39 is 0 Å². The van der Waals surface area contributed by atoms with Gasteiger partial charge in [-0.3, -0.25) is 4.90 Å². The van der Waals surface area contributed by atoms with E-state index in [9.17, 15) is 0 Å². The summed E-state index contributed by atoms with van der Waals surface area (Å²) in [5.41, 5.74) is 6.82. The van der Waals surface area contributed by atoms with Crippen LogP contribution in [0.25, 0.3) is 0 Å². The number of para-hydroxylation sites is 1. The Hall–Kier alpha value is -2.21. The van der Waals surface area contributed by atoms with E-state index in [-0.39, 0.29) is 12.0 Å². The number of aromatic nitrogens is 3. The van der Waals surface area contributed by atoms with Gasteiger partial charge in [0.1, 0.15) is 0 Å². The number of anilines is 3. The summed E-state index contributed by atoms with van der Waals surface area (Å²) in [6.07, 6.45) is 2.52. The van der Waals surface area contributed by atoms with Crippen molar-refractivity contribution in [2.24, 2.45) is 5.92 Å². The highest BCUT2D eigenvalue weighted by Gasteiger charge is 2.24. The molecule has 0 bridgehead atoms. The molecule has 6 heteroatoms. The van der Waals surface area contributed by atoms with Crippen LogP contribution in [-0.4, -0.2) is 32.9 Å². The van der Waals surface area contributed by atoms with Crippen molar-refractivity contribution in [3.05, 3.63) is 36.2 Å². The van der Waals surface area contributed by atoms with E-state index in [0.717, 1.165) is 24.6 Å². The van der Waals surface area contributed by atoms with E-state index in [1.807, 2.05) is 30.3 Å². The summed E-state index contributed by atoms with van der Waals surface area (Å²) in [7, 11) is 0. The molecule has 0 aliphatic carbocycles. The van der Waals surface area contributed by atoms with Crippen LogP contribution in [-0.2, 0) is 0 Å². The second-order valence-corrected chi connectivity index (χ2v) is 6.28. The number of nitrogens with two attached hydrogens (primary N) is 1. The minimum absolute atomic E-state index is 0.138. The molecule has 23 heavy (non-hydrogen) atoms. The van der Waals surface area contributed by atoms with Gasteiger partial charge in [-0.1, -0.05) is 25.1 Å². The summed E-state index contributed by atoms with van der Waals surface area (Å²) in [5.74, 6) is 2.19. The van der Waals surface area contributed by atoms with E-state index >= 15 is 0 Å². The van der Waals surface area contributed by atoms with Gasteiger partial charge in [0.2, 0.25) is 11.9 Å². The summed E-state index contributed by atoms with van der Waals surface area (Å²) < 4.78 is 0. The first-order chi connectivity index (χ1) is 11.1. The van der Waals surface area contributed by atoms with Crippen LogP contribution in [0.5, 0.6) is 0 Å². The maximum absolute atomic E-state index is 5.89. The molecular weight excluding hydrogens is 288 g/mol. The lowest BCUT2D eigenvalue weighted by Crippen LogP contribution is -2.37. The molecule has 2 heterocycles. The van der Waals surface area contributed by atoms with Crippen molar-refractivity contribution >= 4 is 17.6 Å². The van der Waals surface area contributed by atoms with Gasteiger partial charge < -0.3 is 11.1 Å². The quantitative estimate of drug-likeness (QED) is 0.903. The van der Waals surface area contributed by atoms with Crippen molar-refractivity contribution < 1.29 is 0 Å². The maximum atomic E-state index is 5.89. The number of nitrogen functional groups attached to an aromatic ring is 1. The first kappa shape index (κ1) is 15.7. The summed E-state index contributed by atoms with van der Waals surface area (Å²) in [5, 5.41) is 3.19. The summed E-state index contributed by atoms with van der Waals surface area (Å²) in [4.78, 5) is 15.5. The molecule has 1 aliphatic heterocycles. The van der Waals surface area contributed by atoms with Crippen LogP contribution in [0.3, 0.4) is 0 Å². The largest absolute Gasteiger partial charge is 0.368 e. The fraction of sp³-hybridized carbons (Fsp3) is 0.471. The van der Waals surface area contributed by atoms with Gasteiger partial charge in [0.15, 0.2) is 5.82 Å². The molecule has 0 saturated carbocycles. The monoisotopic (exact) mass is 312 g/mol. The van der Waals surface area contributed by atoms with Crippen molar-refractivity contribution in [2.75, 3.05) is 24.1 Å². The van der Waals surface area contributed by atoms with Gasteiger partial charge in [0.25, 0.3) is 0 Å². The smallest absolute Gasteiger partial charge is 0.232 e. The average molecular weight is 312 g/mol. The van der Waals surface area contributed by atoms with Crippen molar-refractivity contribution in [3.8, 4) is 0 Å². The Morgan fingerprint density at radius 2 is 2.00 bits per heavy atom. The standard InChI is InChI=1S/C17H24N6/c1-12-7-6-10-23(11-12)13(2)15-20-16(18)22-17(21-15)19-14-8-4-3-5-9-14/h3-5,8-9,12-13H,6-7,10-11H2,1-2H3,(H3,18,19,20,21,22)/t12-,13-/m1/s1. The molecule has 1 aliphatic rings. The zero-order chi connectivity index (χ0) is 16.2. The van der Waals surface area contributed by atoms with E-state index in [1.54, 1.807) is 0 Å². The van der Waals surface area contributed by atoms with Gasteiger partial charge in [-0.05, 0) is 44.4 Å². The predicted octanol–water partition coefficient (Wildman–Crippen LogP) is 2.99. The lowest BCUT2D eigenvalue weighted by molar-refractivity contribution is 0.134. The summed E-state index contributed by atoms with van der Waals surface area (Å²) in [6, 6.07) is 9.97. The number of hydrogen-bond acceptors (Lipinski definition) is 6. The molecule has 2 atom stereocenters. The third kappa shape index (κ3) is 3.96. The molecule has 6 nitrogen and oxygen atoms in total. The molecule has 1 aromatic heterocycles. The maximum Gasteiger partial charge on any atom is 0.232 e. The molecular formula is C17H24N6. The van der Waals surface area contributed by atoms with Gasteiger partial charge in [-0.25, -0.2) is 0 Å². The first-order valence-electron chi connectivity index (χ1n) is 8.19. The molecule has 2 aromatic rings. The lowest BCUT2D eigenvalue weighted by atomic mass is 9.99. The number of rotatable bonds is 4. The Kier molecular flexibility index (Phi) is 4.71. The Labute approximate surface area is 137 Å². The Balaban J connectivity index is 1.79. The second kappa shape index (κ2) is 6.91. The first-order valence-corrected chi connectivity index (χ1v) is 8.19. The molecule has 3 rings (SSSR count). The molecule has 0 amide bonds. The van der Waals surface area contributed by atoms with Gasteiger partial charge in [0, 0.05) is 12.2 Å². The van der Waals surface area contributed by atoms with Crippen LogP contribution < -0.4 is 11.1 Å². The summed E-state index contributed by atoms with van der Waals surface area (Å²) in [6.45, 7) is 6.59. The zero-order valence-corrected chi connectivity index (χ0v) is 13.7. The number of nitrogens with zero attached hydrogens (tertiary/aromatic N) is 4. The van der Waals surface area contributed by atoms with Crippen molar-refractivity contribution in [3.63, 3.8) is 0 Å². The van der Waals surface area contributed by atoms with Crippen molar-refractivity contribution in [1.29, 1.82) is 0 Å². The van der Waals surface area contributed by atoms with E-state index in [2.05, 4.69) is 39.0 Å². The highest BCUT2D eigenvalue weighted by Crippen LogP contribution is 2.25. The van der Waals surface area contributed by atoms with Crippen LogP contribution in [0, 0.1) is 5.92 Å². The van der Waals surface area contributed by atoms with E-state index in [1.165, 1.54) is 12.8 Å². The second-order valence-electron chi connectivity index (χ2n) is 6.28. The van der Waals surface area contributed by atoms with Gasteiger partial charge >= 0.3 is 0 Å². The number of benzene rings is 1. The van der Waals surface area contributed by atoms with E-state index in [0.29, 0.717) is 11.9 Å². The summed E-state index contributed by atoms with van der Waals surface area (Å²) >= 11 is 0. The third-order valence-corrected chi connectivity index (χ3v) is 4.31. The van der Waals surface area contributed by atoms with Crippen LogP contribution in [0.4, 0.5) is 17.6 Å². The van der Waals surface area contributed by atoms with Crippen LogP contribution >= 0.6 is 0 Å². The highest BCUT2D eigenvalue weighted by atomic mass is 15.2. The topological polar surface area (TPSA) is 80.0 Å². The van der Waals surface area contributed by atoms with Crippen molar-refractivity contribution in [2.45, 2.75) is 32.7 Å².